The number of hydrogen-bond donors (Lipinski definition) is 5. The van der Waals surface area contributed by atoms with Crippen LogP contribution in [0.25, 0.3) is 0 Å². The summed E-state index contributed by atoms with van der Waals surface area (Å²) in [4.78, 5) is 37.0. The number of ether oxygens (including phenoxy) is 4. The molecular formula is C40H64O12. The molecule has 0 aromatic carbocycles. The Kier molecular flexibility index (Phi) is 15.0. The highest BCUT2D eigenvalue weighted by Gasteiger charge is 2.55. The number of rotatable bonds is 14. The lowest BCUT2D eigenvalue weighted by Crippen LogP contribution is -2.62. The van der Waals surface area contributed by atoms with Crippen LogP contribution in [0.4, 0.5) is 0 Å². The number of esters is 2. The van der Waals surface area contributed by atoms with Gasteiger partial charge in [-0.3, -0.25) is 14.4 Å². The van der Waals surface area contributed by atoms with Crippen molar-refractivity contribution in [1.29, 1.82) is 0 Å². The molecule has 3 rings (SSSR count). The van der Waals surface area contributed by atoms with E-state index in [2.05, 4.69) is 0 Å². The van der Waals surface area contributed by atoms with E-state index in [9.17, 15) is 39.9 Å². The van der Waals surface area contributed by atoms with E-state index in [0.29, 0.717) is 50.5 Å². The number of aliphatic hydroxyl groups excluding tert-OH is 5. The summed E-state index contributed by atoms with van der Waals surface area (Å²) in [6.45, 7) is 17.7. The second kappa shape index (κ2) is 17.8. The molecule has 3 unspecified atom stereocenters. The number of aliphatic hydroxyl groups is 5. The van der Waals surface area contributed by atoms with Crippen molar-refractivity contribution in [2.75, 3.05) is 6.61 Å². The van der Waals surface area contributed by atoms with Gasteiger partial charge in [0.2, 0.25) is 0 Å². The Balaban J connectivity index is 1.76. The van der Waals surface area contributed by atoms with Crippen molar-refractivity contribution in [3.63, 3.8) is 0 Å². The van der Waals surface area contributed by atoms with Crippen molar-refractivity contribution in [3.05, 3.63) is 34.9 Å². The lowest BCUT2D eigenvalue weighted by atomic mass is 9.58. The number of Topliss-reactive ketones (excluding diaryl/α,β-unsaturated/α-hetero) is 1. The van der Waals surface area contributed by atoms with E-state index in [1.54, 1.807) is 13.0 Å². The molecule has 12 heteroatoms. The summed E-state index contributed by atoms with van der Waals surface area (Å²) >= 11 is 0. The van der Waals surface area contributed by atoms with Gasteiger partial charge in [0, 0.05) is 38.0 Å². The zero-order chi connectivity index (χ0) is 39.3. The van der Waals surface area contributed by atoms with E-state index in [0.717, 1.165) is 11.1 Å². The summed E-state index contributed by atoms with van der Waals surface area (Å²) in [5, 5.41) is 52.1. The number of carbonyl (C=O) groups is 3. The van der Waals surface area contributed by atoms with Gasteiger partial charge in [0.25, 0.3) is 0 Å². The van der Waals surface area contributed by atoms with E-state index in [1.807, 2.05) is 60.6 Å². The molecule has 0 amide bonds. The van der Waals surface area contributed by atoms with Gasteiger partial charge >= 0.3 is 11.9 Å². The fourth-order valence-corrected chi connectivity index (χ4v) is 8.56. The third kappa shape index (κ3) is 10.4. The first kappa shape index (κ1) is 44.0. The first-order valence-electron chi connectivity index (χ1n) is 18.6. The second-order valence-corrected chi connectivity index (χ2v) is 16.6. The number of ketones is 1. The summed E-state index contributed by atoms with van der Waals surface area (Å²) in [7, 11) is 0. The molecule has 12 nitrogen and oxygen atoms in total. The van der Waals surface area contributed by atoms with Crippen LogP contribution in [0.15, 0.2) is 34.9 Å². The molecular weight excluding hydrogens is 672 g/mol. The van der Waals surface area contributed by atoms with Crippen LogP contribution in [0.2, 0.25) is 0 Å². The van der Waals surface area contributed by atoms with Crippen LogP contribution >= 0.6 is 0 Å². The van der Waals surface area contributed by atoms with Crippen LogP contribution < -0.4 is 0 Å². The van der Waals surface area contributed by atoms with Gasteiger partial charge in [0.15, 0.2) is 6.29 Å². The summed E-state index contributed by atoms with van der Waals surface area (Å²) < 4.78 is 23.5. The average Bonchev–Trinajstić information content (AvgIpc) is 3.04. The van der Waals surface area contributed by atoms with Crippen LogP contribution in [0.5, 0.6) is 0 Å². The van der Waals surface area contributed by atoms with Crippen molar-refractivity contribution in [2.45, 2.75) is 169 Å². The maximum Gasteiger partial charge on any atom is 0.303 e. The SMILES string of the molecule is CC(=O)OC(/C=C(\C)C(O)CC1C(C)=CCC(=O)C1(C)C)C/C=C(\C)CC[C@@H]1C(C)(C)[C@H](O[C@@H]2O[C@H](CO)[C@H](O)[C@H](O)[C@H]2O)CC[C@@]1(C)OC(C)=O. The maximum atomic E-state index is 12.6. The fraction of sp³-hybridized carbons (Fsp3) is 0.775. The average molecular weight is 737 g/mol. The monoisotopic (exact) mass is 736 g/mol. The highest BCUT2D eigenvalue weighted by atomic mass is 16.7. The number of carbonyl (C=O) groups excluding carboxylic acids is 3. The van der Waals surface area contributed by atoms with Gasteiger partial charge in [-0.25, -0.2) is 0 Å². The molecule has 1 aliphatic heterocycles. The van der Waals surface area contributed by atoms with Gasteiger partial charge in [-0.05, 0) is 82.8 Å². The molecule has 296 valence electrons. The largest absolute Gasteiger partial charge is 0.459 e. The Morgan fingerprint density at radius 2 is 1.67 bits per heavy atom. The lowest BCUT2D eigenvalue weighted by molar-refractivity contribution is -0.327. The minimum absolute atomic E-state index is 0.106. The van der Waals surface area contributed by atoms with Crippen LogP contribution in [0.1, 0.15) is 114 Å². The highest BCUT2D eigenvalue weighted by Crippen LogP contribution is 2.52. The zero-order valence-corrected chi connectivity index (χ0v) is 32.8. The second-order valence-electron chi connectivity index (χ2n) is 16.6. The molecule has 0 radical (unpaired) electrons. The smallest absolute Gasteiger partial charge is 0.303 e. The molecule has 2 aliphatic carbocycles. The molecule has 1 saturated heterocycles. The minimum atomic E-state index is -1.56. The topological polar surface area (TPSA) is 189 Å². The van der Waals surface area contributed by atoms with Gasteiger partial charge in [-0.1, -0.05) is 51.0 Å². The standard InChI is InChI=1S/C40H64O12/c1-22(11-14-27(49-25(4)42)19-24(3)29(44)20-28-23(2)13-16-32(45)38(28,6)7)12-15-31-39(8,9)33(17-18-40(31,10)52-26(5)43)51-37-36(48)35(47)34(46)30(21-41)50-37/h11,13,19,27-31,33-37,41,44,46-48H,12,14-18,20-21H2,1-10H3/b22-11+,24-19+/t27?,28?,29?,30-,31-,33-,34+,35+,36-,37+,40-/m1/s1. The van der Waals surface area contributed by atoms with Crippen LogP contribution in [-0.4, -0.2) is 104 Å². The van der Waals surface area contributed by atoms with Gasteiger partial charge < -0.3 is 44.5 Å². The lowest BCUT2D eigenvalue weighted by Gasteiger charge is -2.54. The zero-order valence-electron chi connectivity index (χ0n) is 32.8. The third-order valence-electron chi connectivity index (χ3n) is 11.9. The van der Waals surface area contributed by atoms with Crippen molar-refractivity contribution in [1.82, 2.24) is 0 Å². The van der Waals surface area contributed by atoms with Crippen molar-refractivity contribution in [2.24, 2.45) is 22.7 Å². The van der Waals surface area contributed by atoms with E-state index in [1.165, 1.54) is 13.8 Å². The summed E-state index contributed by atoms with van der Waals surface area (Å²) in [6, 6.07) is 0. The maximum absolute atomic E-state index is 12.6. The van der Waals surface area contributed by atoms with Gasteiger partial charge in [-0.2, -0.15) is 0 Å². The van der Waals surface area contributed by atoms with Crippen molar-refractivity contribution in [3.8, 4) is 0 Å². The molecule has 0 spiro atoms. The molecule has 1 heterocycles. The first-order valence-corrected chi connectivity index (χ1v) is 18.6. The Bertz CT molecular complexity index is 1360. The first-order chi connectivity index (χ1) is 24.0. The summed E-state index contributed by atoms with van der Waals surface area (Å²) in [5.41, 5.74) is 0.731. The van der Waals surface area contributed by atoms with E-state index in [-0.39, 0.29) is 17.6 Å². The van der Waals surface area contributed by atoms with Gasteiger partial charge in [-0.15, -0.1) is 0 Å². The normalized spacial score (nSPS) is 35.0. The Morgan fingerprint density at radius 3 is 2.27 bits per heavy atom. The Morgan fingerprint density at radius 1 is 1.02 bits per heavy atom. The Labute approximate surface area is 309 Å². The predicted molar refractivity (Wildman–Crippen MR) is 194 cm³/mol. The number of allylic oxidation sites excluding steroid dienone is 3. The Hall–Kier alpha value is -2.45. The predicted octanol–water partition coefficient (Wildman–Crippen LogP) is 4.24. The fourth-order valence-electron chi connectivity index (χ4n) is 8.56. The van der Waals surface area contributed by atoms with E-state index < -0.39 is 84.0 Å². The van der Waals surface area contributed by atoms with Crippen LogP contribution in [0.3, 0.4) is 0 Å². The van der Waals surface area contributed by atoms with Gasteiger partial charge in [0.1, 0.15) is 41.9 Å². The molecule has 1 saturated carbocycles. The van der Waals surface area contributed by atoms with Crippen LogP contribution in [-0.2, 0) is 33.3 Å². The van der Waals surface area contributed by atoms with Crippen LogP contribution in [0, 0.1) is 22.7 Å². The van der Waals surface area contributed by atoms with Gasteiger partial charge in [0.05, 0.1) is 18.8 Å². The summed E-state index contributed by atoms with van der Waals surface area (Å²) in [5.74, 6) is -1.02. The molecule has 11 atom stereocenters. The van der Waals surface area contributed by atoms with Crippen molar-refractivity contribution < 1.29 is 58.9 Å². The van der Waals surface area contributed by atoms with Crippen molar-refractivity contribution >= 4 is 17.7 Å². The molecule has 52 heavy (non-hydrogen) atoms. The molecule has 3 aliphatic rings. The quantitative estimate of drug-likeness (QED) is 0.126. The summed E-state index contributed by atoms with van der Waals surface area (Å²) in [6.07, 6.45) is 0.0985. The van der Waals surface area contributed by atoms with E-state index >= 15 is 0 Å². The molecule has 5 N–H and O–H groups in total. The molecule has 0 aromatic heterocycles. The molecule has 0 bridgehead atoms. The highest BCUT2D eigenvalue weighted by molar-refractivity contribution is 5.87. The number of hydrogen-bond acceptors (Lipinski definition) is 12. The minimum Gasteiger partial charge on any atom is -0.459 e. The van der Waals surface area contributed by atoms with E-state index in [4.69, 9.17) is 18.9 Å². The molecule has 2 fully saturated rings. The third-order valence-corrected chi connectivity index (χ3v) is 11.9. The molecule has 0 aromatic rings.